The molecule has 0 amide bonds. The van der Waals surface area contributed by atoms with Crippen molar-refractivity contribution in [3.8, 4) is 0 Å². The van der Waals surface area contributed by atoms with Crippen LogP contribution in [0.25, 0.3) is 0 Å². The van der Waals surface area contributed by atoms with Crippen molar-refractivity contribution in [2.24, 2.45) is 15.6 Å². The summed E-state index contributed by atoms with van der Waals surface area (Å²) >= 11 is 0. The van der Waals surface area contributed by atoms with Crippen molar-refractivity contribution in [1.82, 2.24) is 10.2 Å². The Morgan fingerprint density at radius 1 is 1.16 bits per heavy atom. The molecular weight excluding hydrogens is 384 g/mol. The van der Waals surface area contributed by atoms with Gasteiger partial charge in [-0.15, -0.1) is 0 Å². The molecule has 0 spiro atoms. The number of nitrogens with one attached hydrogen (secondary N) is 1. The highest BCUT2D eigenvalue weighted by atomic mass is 16.1. The fourth-order valence-corrected chi connectivity index (χ4v) is 6.20. The third kappa shape index (κ3) is 3.47. The van der Waals surface area contributed by atoms with Crippen molar-refractivity contribution in [3.63, 3.8) is 0 Å². The monoisotopic (exact) mass is 418 g/mol. The van der Waals surface area contributed by atoms with E-state index in [1.165, 1.54) is 43.5 Å². The first-order chi connectivity index (χ1) is 14.9. The van der Waals surface area contributed by atoms with E-state index in [2.05, 4.69) is 65.5 Å². The molecule has 164 valence electrons. The summed E-state index contributed by atoms with van der Waals surface area (Å²) in [5.41, 5.74) is 5.23. The average molecular weight is 419 g/mol. The second kappa shape index (κ2) is 7.70. The van der Waals surface area contributed by atoms with Crippen LogP contribution in [0.2, 0.25) is 0 Å². The third-order valence-electron chi connectivity index (χ3n) is 7.58. The smallest absolute Gasteiger partial charge is 0.164 e. The van der Waals surface area contributed by atoms with E-state index in [1.807, 2.05) is 6.20 Å². The Kier molecular flexibility index (Phi) is 5.12. The predicted molar refractivity (Wildman–Crippen MR) is 122 cm³/mol. The van der Waals surface area contributed by atoms with Crippen LogP contribution < -0.4 is 5.32 Å². The van der Waals surface area contributed by atoms with E-state index >= 15 is 0 Å². The summed E-state index contributed by atoms with van der Waals surface area (Å²) in [6.07, 6.45) is 7.98. The predicted octanol–water partition coefficient (Wildman–Crippen LogP) is 5.24. The highest BCUT2D eigenvalue weighted by molar-refractivity contribution is 6.01. The van der Waals surface area contributed by atoms with Gasteiger partial charge >= 0.3 is 0 Å². The van der Waals surface area contributed by atoms with Gasteiger partial charge in [0.15, 0.2) is 11.9 Å². The summed E-state index contributed by atoms with van der Waals surface area (Å²) < 4.78 is 0. The van der Waals surface area contributed by atoms with Crippen LogP contribution >= 0.6 is 0 Å². The van der Waals surface area contributed by atoms with E-state index in [-0.39, 0.29) is 17.4 Å². The maximum Gasteiger partial charge on any atom is 0.164 e. The number of rotatable bonds is 4. The summed E-state index contributed by atoms with van der Waals surface area (Å²) in [6.45, 7) is 9.92. The molecule has 1 aromatic carbocycles. The molecule has 1 aromatic rings. The second-order valence-electron chi connectivity index (χ2n) is 10.5. The van der Waals surface area contributed by atoms with Crippen molar-refractivity contribution in [3.05, 3.63) is 58.4 Å². The number of fused-ring (bicyclic) bond motifs is 1. The van der Waals surface area contributed by atoms with E-state index in [1.54, 1.807) is 0 Å². The maximum atomic E-state index is 13.6. The molecule has 0 saturated carbocycles. The zero-order valence-electron chi connectivity index (χ0n) is 19.1. The summed E-state index contributed by atoms with van der Waals surface area (Å²) in [7, 11) is 0. The summed E-state index contributed by atoms with van der Waals surface area (Å²) in [4.78, 5) is 16.1. The van der Waals surface area contributed by atoms with Crippen molar-refractivity contribution in [1.29, 1.82) is 0 Å². The van der Waals surface area contributed by atoms with Crippen molar-refractivity contribution >= 4 is 5.78 Å². The molecular formula is C26H34N4O. The lowest BCUT2D eigenvalue weighted by Gasteiger charge is -2.48. The molecule has 3 aliphatic heterocycles. The first kappa shape index (κ1) is 20.6. The van der Waals surface area contributed by atoms with Gasteiger partial charge in [0.1, 0.15) is 0 Å². The molecule has 0 radical (unpaired) electrons. The molecule has 2 atom stereocenters. The van der Waals surface area contributed by atoms with Crippen LogP contribution in [-0.4, -0.2) is 29.9 Å². The van der Waals surface area contributed by atoms with Crippen LogP contribution in [0.5, 0.6) is 0 Å². The number of carbonyl (C=O) groups excluding carboxylic acids is 1. The number of azo groups is 1. The van der Waals surface area contributed by atoms with E-state index in [0.717, 1.165) is 36.2 Å². The molecule has 5 nitrogen and oxygen atoms in total. The maximum absolute atomic E-state index is 13.6. The SMILES string of the molecule is CCC1(c2cccc(CN3CCCCC3)c2)C2=CN=NC2NC2=C1C(=O)CC(C)(C)C2. The van der Waals surface area contributed by atoms with E-state index in [4.69, 9.17) is 0 Å². The molecule has 4 aliphatic rings. The van der Waals surface area contributed by atoms with Gasteiger partial charge < -0.3 is 5.32 Å². The Hall–Kier alpha value is -2.27. The third-order valence-corrected chi connectivity index (χ3v) is 7.58. The highest BCUT2D eigenvalue weighted by Crippen LogP contribution is 2.53. The van der Waals surface area contributed by atoms with Crippen LogP contribution in [0.15, 0.2) is 57.5 Å². The number of hydrogen-bond donors (Lipinski definition) is 1. The average Bonchev–Trinajstić information content (AvgIpc) is 3.21. The minimum absolute atomic E-state index is 0.0323. The lowest BCUT2D eigenvalue weighted by Crippen LogP contribution is -2.51. The Labute approximate surface area is 185 Å². The largest absolute Gasteiger partial charge is 0.362 e. The van der Waals surface area contributed by atoms with E-state index in [9.17, 15) is 4.79 Å². The van der Waals surface area contributed by atoms with Crippen LogP contribution in [0.4, 0.5) is 0 Å². The molecule has 0 aromatic heterocycles. The van der Waals surface area contributed by atoms with Gasteiger partial charge in [0.2, 0.25) is 0 Å². The van der Waals surface area contributed by atoms with Crippen LogP contribution in [0.3, 0.4) is 0 Å². The van der Waals surface area contributed by atoms with Gasteiger partial charge in [0, 0.05) is 29.8 Å². The summed E-state index contributed by atoms with van der Waals surface area (Å²) in [5.74, 6) is 0.272. The van der Waals surface area contributed by atoms with Crippen molar-refractivity contribution in [2.75, 3.05) is 13.1 Å². The van der Waals surface area contributed by atoms with Gasteiger partial charge in [-0.3, -0.25) is 9.69 Å². The molecule has 1 N–H and O–H groups in total. The van der Waals surface area contributed by atoms with Crippen molar-refractivity contribution in [2.45, 2.75) is 77.4 Å². The first-order valence-corrected chi connectivity index (χ1v) is 11.9. The number of ketones is 1. The Morgan fingerprint density at radius 3 is 2.74 bits per heavy atom. The Bertz CT molecular complexity index is 983. The van der Waals surface area contributed by atoms with Gasteiger partial charge in [-0.25, -0.2) is 0 Å². The molecule has 5 heteroatoms. The number of piperidine rings is 1. The molecule has 0 bridgehead atoms. The molecule has 1 saturated heterocycles. The van der Waals surface area contributed by atoms with Gasteiger partial charge in [-0.2, -0.15) is 10.2 Å². The Balaban J connectivity index is 1.61. The quantitative estimate of drug-likeness (QED) is 0.727. The number of nitrogens with zero attached hydrogens (tertiary/aromatic N) is 3. The van der Waals surface area contributed by atoms with E-state index in [0.29, 0.717) is 6.42 Å². The standard InChI is InChI=1S/C26H34N4O/c1-4-26(19-10-8-9-18(13-19)17-30-11-6-5-7-12-30)20-16-27-29-24(20)28-21-14-25(2,3)15-22(31)23(21)26/h8-10,13,16,24,28H,4-7,11-12,14-15,17H2,1-3H3. The van der Waals surface area contributed by atoms with Crippen molar-refractivity contribution < 1.29 is 4.79 Å². The van der Waals surface area contributed by atoms with Gasteiger partial charge in [0.05, 0.1) is 11.6 Å². The first-order valence-electron chi connectivity index (χ1n) is 11.9. The molecule has 1 fully saturated rings. The minimum atomic E-state index is -0.444. The van der Waals surface area contributed by atoms with Gasteiger partial charge in [0.25, 0.3) is 0 Å². The lowest BCUT2D eigenvalue weighted by molar-refractivity contribution is -0.119. The van der Waals surface area contributed by atoms with Crippen LogP contribution in [0.1, 0.15) is 70.4 Å². The highest BCUT2D eigenvalue weighted by Gasteiger charge is 2.52. The second-order valence-corrected chi connectivity index (χ2v) is 10.5. The zero-order valence-corrected chi connectivity index (χ0v) is 19.1. The van der Waals surface area contributed by atoms with Gasteiger partial charge in [-0.1, -0.05) is 51.5 Å². The molecule has 31 heavy (non-hydrogen) atoms. The number of benzene rings is 1. The fraction of sp³-hybridized carbons (Fsp3) is 0.577. The number of likely N-dealkylation sites (tertiary alicyclic amines) is 1. The molecule has 3 heterocycles. The Morgan fingerprint density at radius 2 is 1.97 bits per heavy atom. The molecule has 2 unspecified atom stereocenters. The lowest BCUT2D eigenvalue weighted by atomic mass is 9.59. The number of Topliss-reactive ketones (excluding diaryl/α,β-unsaturated/α-hetero) is 1. The topological polar surface area (TPSA) is 57.1 Å². The normalized spacial score (nSPS) is 30.0. The number of carbonyl (C=O) groups is 1. The van der Waals surface area contributed by atoms with E-state index < -0.39 is 5.41 Å². The van der Waals surface area contributed by atoms with Crippen LogP contribution in [-0.2, 0) is 16.8 Å². The minimum Gasteiger partial charge on any atom is -0.362 e. The summed E-state index contributed by atoms with van der Waals surface area (Å²) in [5, 5.41) is 12.3. The zero-order chi connectivity index (χ0) is 21.6. The van der Waals surface area contributed by atoms with Crippen LogP contribution in [0, 0.1) is 5.41 Å². The number of allylic oxidation sites excluding steroid dienone is 2. The summed E-state index contributed by atoms with van der Waals surface area (Å²) in [6, 6.07) is 8.96. The molecule has 1 aliphatic carbocycles. The molecule has 5 rings (SSSR count). The number of hydrogen-bond acceptors (Lipinski definition) is 5. The van der Waals surface area contributed by atoms with Gasteiger partial charge in [-0.05, 0) is 55.3 Å². The fourth-order valence-electron chi connectivity index (χ4n) is 6.20.